The van der Waals surface area contributed by atoms with E-state index >= 15 is 0 Å². The lowest BCUT2D eigenvalue weighted by atomic mass is 9.99. The van der Waals surface area contributed by atoms with E-state index in [4.69, 9.17) is 16.7 Å². The molecule has 5 N–H and O–H groups in total. The maximum Gasteiger partial charge on any atom is 0.253 e. The molecule has 0 unspecified atom stereocenters. The van der Waals surface area contributed by atoms with E-state index in [2.05, 4.69) is 19.2 Å². The SMILES string of the molecule is CC(C)(Nc1sc(C#N)c(N)c1C(N)=O)C1CC1. The minimum atomic E-state index is -0.598. The van der Waals surface area contributed by atoms with Crippen molar-refractivity contribution < 1.29 is 4.79 Å². The van der Waals surface area contributed by atoms with Gasteiger partial charge in [0.25, 0.3) is 5.91 Å². The van der Waals surface area contributed by atoms with Crippen molar-refractivity contribution in [3.8, 4) is 6.07 Å². The average Bonchev–Trinajstić information content (AvgIpc) is 3.04. The van der Waals surface area contributed by atoms with E-state index in [9.17, 15) is 4.79 Å². The van der Waals surface area contributed by atoms with Gasteiger partial charge in [-0.1, -0.05) is 0 Å². The fourth-order valence-electron chi connectivity index (χ4n) is 2.06. The number of carbonyl (C=O) groups is 1. The molecule has 1 aliphatic rings. The van der Waals surface area contributed by atoms with Gasteiger partial charge in [-0.25, -0.2) is 0 Å². The normalized spacial score (nSPS) is 15.2. The Hall–Kier alpha value is -1.74. The number of nitrogens with zero attached hydrogens (tertiary/aromatic N) is 1. The van der Waals surface area contributed by atoms with Gasteiger partial charge in [0.15, 0.2) is 0 Å². The van der Waals surface area contributed by atoms with Crippen LogP contribution in [0.3, 0.4) is 0 Å². The number of nitrogens with one attached hydrogen (secondary N) is 1. The smallest absolute Gasteiger partial charge is 0.253 e. The molecule has 2 rings (SSSR count). The lowest BCUT2D eigenvalue weighted by molar-refractivity contribution is 0.100. The molecular weight excluding hydrogens is 248 g/mol. The number of rotatable bonds is 4. The van der Waals surface area contributed by atoms with Crippen molar-refractivity contribution in [3.63, 3.8) is 0 Å². The van der Waals surface area contributed by atoms with E-state index in [0.29, 0.717) is 15.8 Å². The van der Waals surface area contributed by atoms with E-state index in [1.807, 2.05) is 6.07 Å². The highest BCUT2D eigenvalue weighted by Crippen LogP contribution is 2.44. The Kier molecular flexibility index (Phi) is 2.95. The Balaban J connectivity index is 2.38. The van der Waals surface area contributed by atoms with Crippen LogP contribution >= 0.6 is 11.3 Å². The number of anilines is 2. The summed E-state index contributed by atoms with van der Waals surface area (Å²) in [5, 5.41) is 12.9. The van der Waals surface area contributed by atoms with Crippen LogP contribution in [0.5, 0.6) is 0 Å². The van der Waals surface area contributed by atoms with Crippen LogP contribution in [-0.2, 0) is 0 Å². The second-order valence-corrected chi connectivity index (χ2v) is 6.17. The average molecular weight is 264 g/mol. The number of primary amides is 1. The molecule has 1 fully saturated rings. The number of hydrogen-bond acceptors (Lipinski definition) is 5. The van der Waals surface area contributed by atoms with Crippen molar-refractivity contribution in [3.05, 3.63) is 10.4 Å². The fourth-order valence-corrected chi connectivity index (χ4v) is 3.15. The van der Waals surface area contributed by atoms with Crippen molar-refractivity contribution in [1.29, 1.82) is 5.26 Å². The van der Waals surface area contributed by atoms with Gasteiger partial charge in [-0.15, -0.1) is 11.3 Å². The topological polar surface area (TPSA) is 105 Å². The van der Waals surface area contributed by atoms with Crippen LogP contribution in [0.2, 0.25) is 0 Å². The Labute approximate surface area is 110 Å². The monoisotopic (exact) mass is 264 g/mol. The number of nitrogens with two attached hydrogens (primary N) is 2. The lowest BCUT2D eigenvalue weighted by Gasteiger charge is -2.27. The number of hydrogen-bond donors (Lipinski definition) is 3. The molecule has 0 aromatic carbocycles. The van der Waals surface area contributed by atoms with Gasteiger partial charge in [-0.3, -0.25) is 4.79 Å². The minimum absolute atomic E-state index is 0.117. The summed E-state index contributed by atoms with van der Waals surface area (Å²) in [6, 6.07) is 1.99. The number of amides is 1. The molecule has 1 aromatic heterocycles. The highest BCUT2D eigenvalue weighted by molar-refractivity contribution is 7.17. The zero-order valence-electron chi connectivity index (χ0n) is 10.4. The first-order valence-electron chi connectivity index (χ1n) is 5.77. The number of nitriles is 1. The van der Waals surface area contributed by atoms with Crippen LogP contribution in [0.25, 0.3) is 0 Å². The largest absolute Gasteiger partial charge is 0.396 e. The van der Waals surface area contributed by atoms with E-state index in [1.165, 1.54) is 24.2 Å². The molecule has 1 aromatic rings. The first-order chi connectivity index (χ1) is 8.36. The van der Waals surface area contributed by atoms with Crippen molar-refractivity contribution in [2.75, 3.05) is 11.1 Å². The zero-order chi connectivity index (χ0) is 13.5. The molecule has 6 heteroatoms. The van der Waals surface area contributed by atoms with Crippen LogP contribution in [-0.4, -0.2) is 11.4 Å². The summed E-state index contributed by atoms with van der Waals surface area (Å²) in [5.41, 5.74) is 11.4. The Morgan fingerprint density at radius 2 is 2.17 bits per heavy atom. The van der Waals surface area contributed by atoms with E-state index < -0.39 is 5.91 Å². The fraction of sp³-hybridized carbons (Fsp3) is 0.500. The molecule has 0 aliphatic heterocycles. The van der Waals surface area contributed by atoms with Crippen molar-refractivity contribution in [2.24, 2.45) is 11.7 Å². The van der Waals surface area contributed by atoms with Gasteiger partial charge in [0, 0.05) is 5.54 Å². The maximum atomic E-state index is 11.4. The summed E-state index contributed by atoms with van der Waals surface area (Å²) >= 11 is 1.19. The van der Waals surface area contributed by atoms with Crippen molar-refractivity contribution in [1.82, 2.24) is 0 Å². The summed E-state index contributed by atoms with van der Waals surface area (Å²) in [7, 11) is 0. The highest BCUT2D eigenvalue weighted by atomic mass is 32.1. The molecule has 1 amide bonds. The molecule has 1 heterocycles. The third-order valence-electron chi connectivity index (χ3n) is 3.33. The van der Waals surface area contributed by atoms with Crippen LogP contribution in [0, 0.1) is 17.2 Å². The van der Waals surface area contributed by atoms with Crippen LogP contribution < -0.4 is 16.8 Å². The third kappa shape index (κ3) is 2.14. The van der Waals surface area contributed by atoms with E-state index in [1.54, 1.807) is 0 Å². The molecule has 0 spiro atoms. The summed E-state index contributed by atoms with van der Waals surface area (Å²) in [6.45, 7) is 4.16. The van der Waals surface area contributed by atoms with Gasteiger partial charge < -0.3 is 16.8 Å². The predicted molar refractivity (Wildman–Crippen MR) is 72.4 cm³/mol. The van der Waals surface area contributed by atoms with Gasteiger partial charge in [-0.05, 0) is 32.6 Å². The molecular formula is C12H16N4OS. The number of carbonyl (C=O) groups excluding carboxylic acids is 1. The van der Waals surface area contributed by atoms with Gasteiger partial charge >= 0.3 is 0 Å². The maximum absolute atomic E-state index is 11.4. The summed E-state index contributed by atoms with van der Waals surface area (Å²) in [6.07, 6.45) is 2.36. The summed E-state index contributed by atoms with van der Waals surface area (Å²) in [4.78, 5) is 11.8. The Bertz CT molecular complexity index is 537. The second-order valence-electron chi connectivity index (χ2n) is 5.15. The van der Waals surface area contributed by atoms with Crippen LogP contribution in [0.15, 0.2) is 0 Å². The predicted octanol–water partition coefficient (Wildman–Crippen LogP) is 1.90. The molecule has 0 bridgehead atoms. The van der Waals surface area contributed by atoms with Gasteiger partial charge in [0.1, 0.15) is 15.9 Å². The Morgan fingerprint density at radius 1 is 1.56 bits per heavy atom. The molecule has 1 saturated carbocycles. The Morgan fingerprint density at radius 3 is 2.61 bits per heavy atom. The second kappa shape index (κ2) is 4.18. The zero-order valence-corrected chi connectivity index (χ0v) is 11.2. The van der Waals surface area contributed by atoms with Crippen LogP contribution in [0.4, 0.5) is 10.7 Å². The highest BCUT2D eigenvalue weighted by Gasteiger charge is 2.39. The van der Waals surface area contributed by atoms with Gasteiger partial charge in [0.2, 0.25) is 0 Å². The quantitative estimate of drug-likeness (QED) is 0.772. The summed E-state index contributed by atoms with van der Waals surface area (Å²) in [5.74, 6) is -0.00793. The first-order valence-corrected chi connectivity index (χ1v) is 6.58. The molecule has 0 radical (unpaired) electrons. The van der Waals surface area contributed by atoms with Gasteiger partial charge in [-0.2, -0.15) is 5.26 Å². The van der Waals surface area contributed by atoms with E-state index in [-0.39, 0.29) is 16.8 Å². The molecule has 0 atom stereocenters. The van der Waals surface area contributed by atoms with E-state index in [0.717, 1.165) is 0 Å². The molecule has 5 nitrogen and oxygen atoms in total. The van der Waals surface area contributed by atoms with Crippen molar-refractivity contribution >= 4 is 27.9 Å². The van der Waals surface area contributed by atoms with Crippen molar-refractivity contribution in [2.45, 2.75) is 32.2 Å². The molecule has 18 heavy (non-hydrogen) atoms. The molecule has 1 aliphatic carbocycles. The number of thiophene rings is 1. The minimum Gasteiger partial charge on any atom is -0.396 e. The van der Waals surface area contributed by atoms with Crippen LogP contribution in [0.1, 0.15) is 41.9 Å². The first kappa shape index (κ1) is 12.7. The lowest BCUT2D eigenvalue weighted by Crippen LogP contribution is -2.33. The third-order valence-corrected chi connectivity index (χ3v) is 4.35. The molecule has 96 valence electrons. The summed E-state index contributed by atoms with van der Waals surface area (Å²) < 4.78 is 0. The number of nitrogen functional groups attached to an aromatic ring is 1. The molecule has 0 saturated heterocycles. The van der Waals surface area contributed by atoms with Gasteiger partial charge in [0.05, 0.1) is 11.3 Å². The standard InChI is InChI=1S/C12H16N4OS/c1-12(2,6-3-4-6)16-11-8(10(15)17)9(14)7(5-13)18-11/h6,16H,3-4,14H2,1-2H3,(H2,15,17).